The maximum Gasteiger partial charge on any atom is 0.257 e. The van der Waals surface area contributed by atoms with E-state index in [0.717, 1.165) is 32.5 Å². The lowest BCUT2D eigenvalue weighted by molar-refractivity contribution is 0.264. The van der Waals surface area contributed by atoms with Crippen molar-refractivity contribution >= 4 is 48.5 Å². The molecule has 6 nitrogen and oxygen atoms in total. The molecule has 4 atom stereocenters. The van der Waals surface area contributed by atoms with Crippen LogP contribution in [-0.4, -0.2) is 44.2 Å². The standard InChI is InChI=1S/C17H20BrN5OS2/c1-22(13-7-11-2-3-12(8-13)20-11)26-16-15(25-9-19-16)21-17(26)23-5-4-10(18)6-14(23)24/h4-6,9,11-13,20,26H,2-3,7-8H2,1H3/t11-,12+,13-. The number of rotatable bonds is 2. The van der Waals surface area contributed by atoms with E-state index in [0.29, 0.717) is 18.1 Å². The van der Waals surface area contributed by atoms with E-state index in [1.165, 1.54) is 12.8 Å². The molecule has 0 saturated carbocycles. The van der Waals surface area contributed by atoms with Crippen LogP contribution in [0.15, 0.2) is 43.1 Å². The molecule has 0 spiro atoms. The molecule has 2 aromatic heterocycles. The molecule has 0 amide bonds. The largest absolute Gasteiger partial charge is 0.311 e. The van der Waals surface area contributed by atoms with E-state index >= 15 is 0 Å². The summed E-state index contributed by atoms with van der Waals surface area (Å²) in [5.74, 6) is 0. The molecule has 3 aliphatic heterocycles. The van der Waals surface area contributed by atoms with E-state index < -0.39 is 11.1 Å². The Bertz CT molecular complexity index is 929. The molecule has 1 N–H and O–H groups in total. The average Bonchev–Trinajstić information content (AvgIpc) is 3.28. The lowest BCUT2D eigenvalue weighted by Gasteiger charge is -2.40. The van der Waals surface area contributed by atoms with Crippen molar-refractivity contribution in [1.29, 1.82) is 0 Å². The predicted octanol–water partition coefficient (Wildman–Crippen LogP) is 3.11. The Morgan fingerprint density at radius 3 is 2.88 bits per heavy atom. The van der Waals surface area contributed by atoms with Gasteiger partial charge in [-0.3, -0.25) is 13.7 Å². The smallest absolute Gasteiger partial charge is 0.257 e. The highest BCUT2D eigenvalue weighted by atomic mass is 79.9. The quantitative estimate of drug-likeness (QED) is 0.685. The molecular formula is C17H20BrN5OS2. The van der Waals surface area contributed by atoms with Crippen molar-refractivity contribution in [2.45, 2.75) is 48.8 Å². The lowest BCUT2D eigenvalue weighted by atomic mass is 10.0. The summed E-state index contributed by atoms with van der Waals surface area (Å²) in [6, 6.07) is 5.25. The van der Waals surface area contributed by atoms with Gasteiger partial charge in [-0.05, 0) is 38.8 Å². The van der Waals surface area contributed by atoms with Crippen LogP contribution in [0.4, 0.5) is 5.00 Å². The number of aromatic nitrogens is 2. The zero-order valence-corrected chi connectivity index (χ0v) is 17.6. The zero-order valence-electron chi connectivity index (χ0n) is 14.3. The van der Waals surface area contributed by atoms with Gasteiger partial charge >= 0.3 is 0 Å². The van der Waals surface area contributed by atoms with Crippen LogP contribution >= 0.6 is 38.3 Å². The lowest BCUT2D eigenvalue weighted by Crippen LogP contribution is -2.46. The Labute approximate surface area is 167 Å². The van der Waals surface area contributed by atoms with E-state index in [4.69, 9.17) is 4.99 Å². The topological polar surface area (TPSA) is 62.5 Å². The SMILES string of the molecule is CN([C@@H]1C[C@H]2CC[C@@H](C1)N2)[SH]1C(n2ccc(Br)cc2=O)=Nc2scnc21. The van der Waals surface area contributed by atoms with Crippen molar-refractivity contribution in [2.75, 3.05) is 7.05 Å². The number of halogens is 1. The minimum absolute atomic E-state index is 0.0560. The number of fused-ring (bicyclic) bond motifs is 3. The Hall–Kier alpha value is -1.00. The molecule has 3 aliphatic rings. The molecule has 2 bridgehead atoms. The second-order valence-electron chi connectivity index (χ2n) is 7.09. The summed E-state index contributed by atoms with van der Waals surface area (Å²) in [6.45, 7) is 0. The normalized spacial score (nSPS) is 31.3. The number of piperidine rings is 1. The van der Waals surface area contributed by atoms with Gasteiger partial charge in [-0.15, -0.1) is 11.3 Å². The molecule has 2 fully saturated rings. The summed E-state index contributed by atoms with van der Waals surface area (Å²) in [5.41, 5.74) is 1.81. The van der Waals surface area contributed by atoms with E-state index in [2.05, 4.69) is 37.6 Å². The summed E-state index contributed by atoms with van der Waals surface area (Å²) in [4.78, 5) is 22.0. The molecule has 0 aromatic carbocycles. The Kier molecular flexibility index (Phi) is 4.32. The monoisotopic (exact) mass is 453 g/mol. The third kappa shape index (κ3) is 2.80. The molecule has 2 aromatic rings. The van der Waals surface area contributed by atoms with Crippen LogP contribution in [0.25, 0.3) is 0 Å². The van der Waals surface area contributed by atoms with Crippen molar-refractivity contribution in [3.05, 3.63) is 38.7 Å². The molecule has 1 unspecified atom stereocenters. The van der Waals surface area contributed by atoms with Gasteiger partial charge in [0.1, 0.15) is 5.03 Å². The van der Waals surface area contributed by atoms with Gasteiger partial charge in [0, 0.05) is 34.9 Å². The van der Waals surface area contributed by atoms with E-state index in [1.54, 1.807) is 22.0 Å². The van der Waals surface area contributed by atoms with Crippen LogP contribution in [0.3, 0.4) is 0 Å². The first kappa shape index (κ1) is 17.1. The third-order valence-electron chi connectivity index (χ3n) is 5.51. The summed E-state index contributed by atoms with van der Waals surface area (Å²) < 4.78 is 4.94. The van der Waals surface area contributed by atoms with Crippen LogP contribution in [-0.2, 0) is 0 Å². The first-order valence-corrected chi connectivity index (χ1v) is 11.8. The van der Waals surface area contributed by atoms with Gasteiger partial charge in [-0.1, -0.05) is 27.0 Å². The maximum atomic E-state index is 12.6. The fourth-order valence-electron chi connectivity index (χ4n) is 4.25. The highest BCUT2D eigenvalue weighted by Gasteiger charge is 2.40. The van der Waals surface area contributed by atoms with Crippen LogP contribution in [0.2, 0.25) is 0 Å². The van der Waals surface area contributed by atoms with Crippen molar-refractivity contribution < 1.29 is 0 Å². The Morgan fingerprint density at radius 2 is 2.15 bits per heavy atom. The van der Waals surface area contributed by atoms with Crippen LogP contribution in [0.5, 0.6) is 0 Å². The van der Waals surface area contributed by atoms with E-state index in [9.17, 15) is 4.79 Å². The van der Waals surface area contributed by atoms with Crippen molar-refractivity contribution in [3.8, 4) is 0 Å². The summed E-state index contributed by atoms with van der Waals surface area (Å²) in [5, 5.41) is 6.54. The summed E-state index contributed by atoms with van der Waals surface area (Å²) >= 11 is 4.05. The number of thiol groups is 1. The molecule has 0 aliphatic carbocycles. The summed E-state index contributed by atoms with van der Waals surface area (Å²) in [7, 11) is 2.19. The Balaban J connectivity index is 1.52. The number of thiazole rings is 1. The average molecular weight is 454 g/mol. The number of nitrogens with zero attached hydrogens (tertiary/aromatic N) is 4. The molecule has 0 radical (unpaired) electrons. The molecule has 2 saturated heterocycles. The maximum absolute atomic E-state index is 12.6. The molecular weight excluding hydrogens is 434 g/mol. The fraction of sp³-hybridized carbons (Fsp3) is 0.471. The predicted molar refractivity (Wildman–Crippen MR) is 111 cm³/mol. The van der Waals surface area contributed by atoms with Crippen molar-refractivity contribution in [1.82, 2.24) is 19.2 Å². The molecule has 5 rings (SSSR count). The molecule has 9 heteroatoms. The van der Waals surface area contributed by atoms with Gasteiger partial charge in [0.05, 0.1) is 5.51 Å². The number of hydrogen-bond acceptors (Lipinski definition) is 6. The fourth-order valence-corrected chi connectivity index (χ4v) is 7.93. The first-order chi connectivity index (χ1) is 12.6. The van der Waals surface area contributed by atoms with Crippen molar-refractivity contribution in [3.63, 3.8) is 0 Å². The second-order valence-corrected chi connectivity index (χ2v) is 10.9. The van der Waals surface area contributed by atoms with Crippen LogP contribution in [0.1, 0.15) is 25.7 Å². The second kappa shape index (κ2) is 6.56. The third-order valence-corrected chi connectivity index (χ3v) is 9.26. The van der Waals surface area contributed by atoms with E-state index in [1.807, 2.05) is 17.8 Å². The van der Waals surface area contributed by atoms with Crippen molar-refractivity contribution in [2.24, 2.45) is 4.99 Å². The van der Waals surface area contributed by atoms with Gasteiger partial charge in [0.25, 0.3) is 5.56 Å². The van der Waals surface area contributed by atoms with Crippen LogP contribution in [0, 0.1) is 0 Å². The molecule has 26 heavy (non-hydrogen) atoms. The zero-order chi connectivity index (χ0) is 17.8. The highest BCUT2D eigenvalue weighted by molar-refractivity contribution is 9.10. The van der Waals surface area contributed by atoms with Gasteiger partial charge < -0.3 is 5.32 Å². The van der Waals surface area contributed by atoms with Gasteiger partial charge in [-0.25, -0.2) is 9.98 Å². The first-order valence-electron chi connectivity index (χ1n) is 8.80. The van der Waals surface area contributed by atoms with Crippen LogP contribution < -0.4 is 10.9 Å². The van der Waals surface area contributed by atoms with Gasteiger partial charge in [0.15, 0.2) is 10.2 Å². The minimum atomic E-state index is -0.881. The molecule has 5 heterocycles. The number of nitrogens with one attached hydrogen (secondary N) is 1. The van der Waals surface area contributed by atoms with Gasteiger partial charge in [0.2, 0.25) is 0 Å². The minimum Gasteiger partial charge on any atom is -0.311 e. The number of pyridine rings is 1. The van der Waals surface area contributed by atoms with E-state index in [-0.39, 0.29) is 5.56 Å². The summed E-state index contributed by atoms with van der Waals surface area (Å²) in [6.07, 6.45) is 6.70. The number of aliphatic imine (C=N–C) groups is 1. The highest BCUT2D eigenvalue weighted by Crippen LogP contribution is 2.54. The number of hydrogen-bond donors (Lipinski definition) is 2. The Morgan fingerprint density at radius 1 is 1.38 bits per heavy atom. The van der Waals surface area contributed by atoms with Gasteiger partial charge in [-0.2, -0.15) is 0 Å². The molecule has 138 valence electrons.